The molecule has 1 aromatic heterocycles. The summed E-state index contributed by atoms with van der Waals surface area (Å²) in [5.41, 5.74) is -0.756. The van der Waals surface area contributed by atoms with Crippen LogP contribution in [0.4, 0.5) is 4.79 Å². The average molecular weight is 908 g/mol. The van der Waals surface area contributed by atoms with Crippen molar-refractivity contribution in [2.45, 2.75) is 125 Å². The zero-order valence-corrected chi connectivity index (χ0v) is 39.9. The number of hydrogen-bond donors (Lipinski definition) is 8. The number of rotatable bonds is 14. The first-order valence-electron chi connectivity index (χ1n) is 22.0. The van der Waals surface area contributed by atoms with Gasteiger partial charge in [0.15, 0.2) is 0 Å². The lowest BCUT2D eigenvalue weighted by atomic mass is 9.82. The highest BCUT2D eigenvalue weighted by molar-refractivity contribution is 7.09. The van der Waals surface area contributed by atoms with Crippen LogP contribution in [-0.4, -0.2) is 120 Å². The van der Waals surface area contributed by atoms with Gasteiger partial charge in [-0.2, -0.15) is 0 Å². The van der Waals surface area contributed by atoms with Crippen LogP contribution in [0.15, 0.2) is 46.9 Å². The largest absolute Gasteiger partial charge is 0.360 e. The van der Waals surface area contributed by atoms with Gasteiger partial charge in [0, 0.05) is 50.6 Å². The number of urea groups is 1. The number of aromatic nitrogens is 1. The Bertz CT molecular complexity index is 1980. The third kappa shape index (κ3) is 14.0. The van der Waals surface area contributed by atoms with Crippen LogP contribution in [0, 0.1) is 22.7 Å². The lowest BCUT2D eigenvalue weighted by Crippen LogP contribution is -2.65. The second-order valence-electron chi connectivity index (χ2n) is 19.2. The van der Waals surface area contributed by atoms with Gasteiger partial charge in [0.05, 0.1) is 12.1 Å². The van der Waals surface area contributed by atoms with E-state index in [1.54, 1.807) is 11.6 Å². The fourth-order valence-corrected chi connectivity index (χ4v) is 8.45. The normalized spacial score (nSPS) is 21.6. The lowest BCUT2D eigenvalue weighted by Gasteiger charge is -2.39. The summed E-state index contributed by atoms with van der Waals surface area (Å²) in [6, 6.07) is 3.26. The minimum atomic E-state index is -1.14. The van der Waals surface area contributed by atoms with E-state index in [0.29, 0.717) is 18.0 Å². The van der Waals surface area contributed by atoms with Gasteiger partial charge in [0.25, 0.3) is 0 Å². The van der Waals surface area contributed by atoms with Crippen LogP contribution in [-0.2, 0) is 28.8 Å². The number of amidine groups is 1. The van der Waals surface area contributed by atoms with E-state index in [2.05, 4.69) is 47.5 Å². The topological polar surface area (TPSA) is 244 Å². The van der Waals surface area contributed by atoms with Gasteiger partial charge in [-0.05, 0) is 34.7 Å². The van der Waals surface area contributed by atoms with Crippen molar-refractivity contribution in [2.75, 3.05) is 32.7 Å². The van der Waals surface area contributed by atoms with Gasteiger partial charge >= 0.3 is 6.03 Å². The first-order valence-corrected chi connectivity index (χ1v) is 22.9. The first kappa shape index (κ1) is 51.0. The molecule has 8 atom stereocenters. The summed E-state index contributed by atoms with van der Waals surface area (Å²) in [6.45, 7) is 20.5. The molecule has 1 saturated heterocycles. The summed E-state index contributed by atoms with van der Waals surface area (Å²) in [5.74, 6) is -3.26. The van der Waals surface area contributed by atoms with Crippen molar-refractivity contribution in [2.24, 2.45) is 27.7 Å². The van der Waals surface area contributed by atoms with E-state index in [9.17, 15) is 33.6 Å². The molecule has 1 fully saturated rings. The number of carbonyl (C=O) groups excluding carboxylic acids is 7. The average Bonchev–Trinajstić information content (AvgIpc) is 3.90. The summed E-state index contributed by atoms with van der Waals surface area (Å²) in [6.07, 6.45) is 2.20. The number of nitrogens with zero attached hydrogens (tertiary/aromatic N) is 3. The molecule has 4 rings (SSSR count). The van der Waals surface area contributed by atoms with Crippen molar-refractivity contribution in [1.29, 1.82) is 0 Å². The SMILES string of the molecule is CC(=O)NCCNC(=O)NC[C@@H](NC(=O)C(NC(=O)C(NC1=NCC(=O)N2CC[C@@H](C)[C@H]2C(=O)N[C@@H](C(C)C)C(=O)NC1C(C)(C)C)C(C)(C)C)[C@@H](C)c1ccccc1)c1nccs1. The fraction of sp³-hybridized carbons (Fsp3) is 0.622. The van der Waals surface area contributed by atoms with Crippen LogP contribution < -0.4 is 42.5 Å². The Hall–Kier alpha value is -5.59. The highest BCUT2D eigenvalue weighted by atomic mass is 32.1. The van der Waals surface area contributed by atoms with E-state index in [1.807, 2.05) is 99.6 Å². The second-order valence-corrected chi connectivity index (χ2v) is 20.1. The molecule has 0 saturated carbocycles. The number of aliphatic imine (C=N–C) groups is 1. The minimum Gasteiger partial charge on any atom is -0.360 e. The smallest absolute Gasteiger partial charge is 0.314 e. The molecule has 19 heteroatoms. The Morgan fingerprint density at radius 2 is 1.56 bits per heavy atom. The minimum absolute atomic E-state index is 0.0331. The Morgan fingerprint density at radius 3 is 2.16 bits per heavy atom. The lowest BCUT2D eigenvalue weighted by molar-refractivity contribution is -0.140. The van der Waals surface area contributed by atoms with Gasteiger partial charge in [-0.15, -0.1) is 11.3 Å². The molecule has 8 N–H and O–H groups in total. The monoisotopic (exact) mass is 908 g/mol. The molecule has 0 bridgehead atoms. The van der Waals surface area contributed by atoms with E-state index >= 15 is 0 Å². The molecule has 18 nitrogen and oxygen atoms in total. The summed E-state index contributed by atoms with van der Waals surface area (Å²) in [7, 11) is 0. The van der Waals surface area contributed by atoms with Crippen molar-refractivity contribution < 1.29 is 33.6 Å². The summed E-state index contributed by atoms with van der Waals surface area (Å²) in [4.78, 5) is 106. The van der Waals surface area contributed by atoms with Gasteiger partial charge in [0.2, 0.25) is 35.4 Å². The molecule has 8 amide bonds. The van der Waals surface area contributed by atoms with Crippen LogP contribution >= 0.6 is 11.3 Å². The Kier molecular flexibility index (Phi) is 17.8. The molecule has 2 aliphatic heterocycles. The Balaban J connectivity index is 1.70. The summed E-state index contributed by atoms with van der Waals surface area (Å²) < 4.78 is 0. The van der Waals surface area contributed by atoms with Crippen LogP contribution in [0.1, 0.15) is 105 Å². The highest BCUT2D eigenvalue weighted by Gasteiger charge is 2.44. The van der Waals surface area contributed by atoms with Crippen molar-refractivity contribution in [3.05, 3.63) is 52.5 Å². The fourth-order valence-electron chi connectivity index (χ4n) is 7.76. The predicted molar refractivity (Wildman–Crippen MR) is 246 cm³/mol. The Labute approximate surface area is 381 Å². The van der Waals surface area contributed by atoms with Gasteiger partial charge in [-0.1, -0.05) is 99.6 Å². The number of nitrogens with one attached hydrogen (secondary N) is 8. The maximum Gasteiger partial charge on any atom is 0.314 e. The van der Waals surface area contributed by atoms with Crippen LogP contribution in [0.25, 0.3) is 0 Å². The van der Waals surface area contributed by atoms with Crippen LogP contribution in [0.3, 0.4) is 0 Å². The zero-order chi connectivity index (χ0) is 47.5. The molecular formula is C45H69N11O7S. The maximum atomic E-state index is 14.9. The first-order chi connectivity index (χ1) is 30.0. The standard InChI is InChI=1S/C45H69N11O7S/c1-25(2)32-38(59)55-35(44(6,7)8)37(49-24-31(58)56-21-17-26(3)34(56)40(61)52-32)54-36(45(9,10)11)41(62)53-33(27(4)29-15-13-12-14-16-29)39(60)51-30(42-47-20-22-64-42)23-50-43(63)48-19-18-46-28(5)57/h12-16,20,22,25-27,30,32-36H,17-19,21,23-24H2,1-11H3,(H,46,57)(H,49,54)(H,51,60)(H,52,61)(H,53,62)(H,55,59)(H2,48,50,63)/t26-,27+,30-,32+,33?,34+,35?,36?/m1/s1. The van der Waals surface area contributed by atoms with Gasteiger partial charge in [-0.25, -0.2) is 9.78 Å². The van der Waals surface area contributed by atoms with Crippen LogP contribution in [0.5, 0.6) is 0 Å². The molecule has 0 radical (unpaired) electrons. The third-order valence-corrected chi connectivity index (χ3v) is 12.4. The number of hydrogen-bond acceptors (Lipinski definition) is 11. The number of carbonyl (C=O) groups is 7. The molecular weight excluding hydrogens is 839 g/mol. The van der Waals surface area contributed by atoms with Crippen molar-refractivity contribution in [3.63, 3.8) is 0 Å². The van der Waals surface area contributed by atoms with E-state index in [1.165, 1.54) is 23.2 Å². The van der Waals surface area contributed by atoms with Gasteiger partial charge in [0.1, 0.15) is 41.6 Å². The van der Waals surface area contributed by atoms with Crippen molar-refractivity contribution in [1.82, 2.24) is 52.4 Å². The van der Waals surface area contributed by atoms with Gasteiger partial charge in [-0.3, -0.25) is 33.8 Å². The predicted octanol–water partition coefficient (Wildman–Crippen LogP) is 2.35. The molecule has 3 heterocycles. The van der Waals surface area contributed by atoms with E-state index in [0.717, 1.165) is 5.56 Å². The molecule has 352 valence electrons. The van der Waals surface area contributed by atoms with Crippen molar-refractivity contribution >= 4 is 58.6 Å². The quantitative estimate of drug-likeness (QED) is 0.130. The number of fused-ring (bicyclic) bond motifs is 1. The number of amides is 8. The van der Waals surface area contributed by atoms with Crippen LogP contribution in [0.2, 0.25) is 0 Å². The second kappa shape index (κ2) is 22.3. The molecule has 0 aliphatic carbocycles. The van der Waals surface area contributed by atoms with E-state index in [4.69, 9.17) is 4.99 Å². The molecule has 3 unspecified atom stereocenters. The van der Waals surface area contributed by atoms with Gasteiger partial charge < -0.3 is 47.4 Å². The molecule has 2 aromatic rings. The zero-order valence-electron chi connectivity index (χ0n) is 39.1. The third-order valence-electron chi connectivity index (χ3n) is 11.5. The summed E-state index contributed by atoms with van der Waals surface area (Å²) >= 11 is 1.29. The molecule has 0 spiro atoms. The maximum absolute atomic E-state index is 14.9. The van der Waals surface area contributed by atoms with Crippen molar-refractivity contribution in [3.8, 4) is 0 Å². The molecule has 1 aromatic carbocycles. The number of thiazole rings is 1. The molecule has 2 aliphatic rings. The Morgan fingerprint density at radius 1 is 0.891 bits per heavy atom. The molecule has 64 heavy (non-hydrogen) atoms. The number of benzene rings is 1. The van der Waals surface area contributed by atoms with E-state index in [-0.39, 0.29) is 61.6 Å². The summed E-state index contributed by atoms with van der Waals surface area (Å²) in [5, 5.41) is 25.8. The van der Waals surface area contributed by atoms with E-state index < -0.39 is 76.8 Å². The highest BCUT2D eigenvalue weighted by Crippen LogP contribution is 2.28.